The summed E-state index contributed by atoms with van der Waals surface area (Å²) >= 11 is 0. The van der Waals surface area contributed by atoms with E-state index in [0.29, 0.717) is 0 Å². The molecule has 2 aliphatic rings. The molecule has 0 aromatic carbocycles. The van der Waals surface area contributed by atoms with Gasteiger partial charge in [-0.2, -0.15) is 0 Å². The molecule has 0 radical (unpaired) electrons. The molecule has 0 spiro atoms. The summed E-state index contributed by atoms with van der Waals surface area (Å²) in [5, 5.41) is 9.54. The molecular formula is C11H20O6. The van der Waals surface area contributed by atoms with Crippen LogP contribution in [0, 0.1) is 0 Å². The van der Waals surface area contributed by atoms with E-state index >= 15 is 0 Å². The second kappa shape index (κ2) is 4.46. The van der Waals surface area contributed by atoms with Gasteiger partial charge in [0.25, 0.3) is 0 Å². The van der Waals surface area contributed by atoms with Crippen LogP contribution in [0.3, 0.4) is 0 Å². The Balaban J connectivity index is 2.20. The first kappa shape index (κ1) is 13.2. The van der Waals surface area contributed by atoms with E-state index in [-0.39, 0.29) is 19.3 Å². The molecular weight excluding hydrogens is 228 g/mol. The second-order valence-electron chi connectivity index (χ2n) is 4.90. The highest BCUT2D eigenvalue weighted by molar-refractivity contribution is 5.04. The average molecular weight is 248 g/mol. The zero-order valence-electron chi connectivity index (χ0n) is 10.6. The molecule has 0 bridgehead atoms. The van der Waals surface area contributed by atoms with Crippen molar-refractivity contribution < 1.29 is 28.8 Å². The highest BCUT2D eigenvalue weighted by Crippen LogP contribution is 2.43. The Bertz CT molecular complexity index is 281. The molecule has 2 fully saturated rings. The van der Waals surface area contributed by atoms with Gasteiger partial charge < -0.3 is 28.8 Å². The van der Waals surface area contributed by atoms with E-state index in [4.69, 9.17) is 23.7 Å². The number of hydrogen-bond donors (Lipinski definition) is 1. The summed E-state index contributed by atoms with van der Waals surface area (Å²) in [5.74, 6) is -0.694. The fourth-order valence-corrected chi connectivity index (χ4v) is 2.53. The number of ether oxygens (including phenoxy) is 5. The summed E-state index contributed by atoms with van der Waals surface area (Å²) in [6, 6.07) is 0. The van der Waals surface area contributed by atoms with E-state index in [0.717, 1.165) is 0 Å². The fourth-order valence-electron chi connectivity index (χ4n) is 2.53. The number of methoxy groups -OCH3 is 2. The van der Waals surface area contributed by atoms with Crippen molar-refractivity contribution in [3.63, 3.8) is 0 Å². The first-order valence-corrected chi connectivity index (χ1v) is 5.64. The lowest BCUT2D eigenvalue weighted by molar-refractivity contribution is -0.256. The zero-order chi connectivity index (χ0) is 12.7. The fraction of sp³-hybridized carbons (Fsp3) is 1.00. The molecule has 0 aromatic rings. The lowest BCUT2D eigenvalue weighted by Gasteiger charge is -2.33. The average Bonchev–Trinajstić information content (AvgIpc) is 2.67. The minimum atomic E-state index is -0.921. The van der Waals surface area contributed by atoms with Gasteiger partial charge in [0.05, 0.1) is 13.2 Å². The smallest absolute Gasteiger partial charge is 0.190 e. The van der Waals surface area contributed by atoms with Crippen LogP contribution in [0.1, 0.15) is 13.8 Å². The maximum atomic E-state index is 9.54. The van der Waals surface area contributed by atoms with Crippen molar-refractivity contribution in [1.29, 1.82) is 0 Å². The van der Waals surface area contributed by atoms with Crippen LogP contribution in [-0.2, 0) is 23.7 Å². The van der Waals surface area contributed by atoms with Gasteiger partial charge in [0.15, 0.2) is 12.1 Å². The van der Waals surface area contributed by atoms with Crippen LogP contribution in [0.5, 0.6) is 0 Å². The van der Waals surface area contributed by atoms with Crippen molar-refractivity contribution in [2.75, 3.05) is 27.4 Å². The summed E-state index contributed by atoms with van der Waals surface area (Å²) in [7, 11) is 3.11. The van der Waals surface area contributed by atoms with Crippen molar-refractivity contribution in [3.8, 4) is 0 Å². The normalized spacial score (nSPS) is 43.9. The van der Waals surface area contributed by atoms with E-state index in [1.165, 1.54) is 0 Å². The second-order valence-corrected chi connectivity index (χ2v) is 4.90. The highest BCUT2D eigenvalue weighted by atomic mass is 16.8. The SMILES string of the molecule is COC[C@@]1(CO)O[C@@H]2OC(C)(C)O[C@@H]2[C@@H]1OC. The molecule has 6 nitrogen and oxygen atoms in total. The van der Waals surface area contributed by atoms with E-state index in [1.807, 2.05) is 13.8 Å². The highest BCUT2D eigenvalue weighted by Gasteiger charge is 2.62. The van der Waals surface area contributed by atoms with Crippen LogP contribution in [0.4, 0.5) is 0 Å². The molecule has 17 heavy (non-hydrogen) atoms. The molecule has 0 saturated carbocycles. The molecule has 1 N–H and O–H groups in total. The van der Waals surface area contributed by atoms with Gasteiger partial charge in [-0.25, -0.2) is 0 Å². The number of aliphatic hydroxyl groups excluding tert-OH is 1. The Hall–Kier alpha value is -0.240. The van der Waals surface area contributed by atoms with Gasteiger partial charge in [0.2, 0.25) is 0 Å². The maximum Gasteiger partial charge on any atom is 0.190 e. The van der Waals surface area contributed by atoms with Crippen LogP contribution in [-0.4, -0.2) is 62.4 Å². The predicted molar refractivity (Wildman–Crippen MR) is 57.4 cm³/mol. The summed E-state index contributed by atoms with van der Waals surface area (Å²) < 4.78 is 27.6. The topological polar surface area (TPSA) is 66.4 Å². The van der Waals surface area contributed by atoms with E-state index < -0.39 is 23.8 Å². The predicted octanol–water partition coefficient (Wildman–Crippen LogP) is -0.113. The summed E-state index contributed by atoms with van der Waals surface area (Å²) in [4.78, 5) is 0. The Morgan fingerprint density at radius 3 is 2.41 bits per heavy atom. The summed E-state index contributed by atoms with van der Waals surface area (Å²) in [6.07, 6.45) is -1.30. The number of aliphatic hydroxyl groups is 1. The minimum Gasteiger partial charge on any atom is -0.393 e. The van der Waals surface area contributed by atoms with Crippen molar-refractivity contribution in [2.24, 2.45) is 0 Å². The Morgan fingerprint density at radius 1 is 1.18 bits per heavy atom. The summed E-state index contributed by atoms with van der Waals surface area (Å²) in [5.41, 5.74) is -0.921. The first-order valence-electron chi connectivity index (χ1n) is 5.64. The van der Waals surface area contributed by atoms with Crippen LogP contribution in [0.25, 0.3) is 0 Å². The van der Waals surface area contributed by atoms with E-state index in [1.54, 1.807) is 14.2 Å². The third-order valence-electron chi connectivity index (χ3n) is 3.17. The van der Waals surface area contributed by atoms with Gasteiger partial charge >= 0.3 is 0 Å². The first-order chi connectivity index (χ1) is 7.98. The lowest BCUT2D eigenvalue weighted by atomic mass is 9.97. The van der Waals surface area contributed by atoms with Gasteiger partial charge in [-0.15, -0.1) is 0 Å². The third kappa shape index (κ3) is 2.09. The van der Waals surface area contributed by atoms with Crippen LogP contribution in [0.15, 0.2) is 0 Å². The third-order valence-corrected chi connectivity index (χ3v) is 3.17. The Kier molecular flexibility index (Phi) is 3.46. The molecule has 2 heterocycles. The van der Waals surface area contributed by atoms with Gasteiger partial charge in [-0.1, -0.05) is 0 Å². The molecule has 0 aromatic heterocycles. The van der Waals surface area contributed by atoms with Crippen molar-refractivity contribution in [3.05, 3.63) is 0 Å². The molecule has 2 aliphatic heterocycles. The van der Waals surface area contributed by atoms with Crippen LogP contribution in [0.2, 0.25) is 0 Å². The van der Waals surface area contributed by atoms with Crippen molar-refractivity contribution in [1.82, 2.24) is 0 Å². The molecule has 100 valence electrons. The molecule has 6 heteroatoms. The Morgan fingerprint density at radius 2 is 1.88 bits per heavy atom. The molecule has 4 atom stereocenters. The largest absolute Gasteiger partial charge is 0.393 e. The zero-order valence-corrected chi connectivity index (χ0v) is 10.6. The van der Waals surface area contributed by atoms with E-state index in [2.05, 4.69) is 0 Å². The summed E-state index contributed by atoms with van der Waals surface area (Å²) in [6.45, 7) is 3.65. The molecule has 2 rings (SSSR count). The maximum absolute atomic E-state index is 9.54. The minimum absolute atomic E-state index is 0.209. The molecule has 0 amide bonds. The lowest BCUT2D eigenvalue weighted by Crippen LogP contribution is -2.52. The number of fused-ring (bicyclic) bond motifs is 1. The molecule has 2 saturated heterocycles. The van der Waals surface area contributed by atoms with Crippen molar-refractivity contribution in [2.45, 2.75) is 43.7 Å². The number of rotatable bonds is 4. The monoisotopic (exact) mass is 248 g/mol. The van der Waals surface area contributed by atoms with Gasteiger partial charge in [-0.05, 0) is 13.8 Å². The molecule has 0 unspecified atom stereocenters. The quantitative estimate of drug-likeness (QED) is 0.748. The van der Waals surface area contributed by atoms with Gasteiger partial charge in [-0.3, -0.25) is 0 Å². The Labute approximate surface area is 101 Å². The van der Waals surface area contributed by atoms with E-state index in [9.17, 15) is 5.11 Å². The van der Waals surface area contributed by atoms with Crippen molar-refractivity contribution >= 4 is 0 Å². The van der Waals surface area contributed by atoms with Gasteiger partial charge in [0.1, 0.15) is 17.8 Å². The standard InChI is InChI=1S/C11H20O6/c1-10(2)15-7-8(14-4)11(5-12,6-13-3)17-9(7)16-10/h7-9,12H,5-6H2,1-4H3/t7-,8+,9+,11-/m1/s1. The van der Waals surface area contributed by atoms with Crippen LogP contribution >= 0.6 is 0 Å². The number of hydrogen-bond acceptors (Lipinski definition) is 6. The van der Waals surface area contributed by atoms with Crippen LogP contribution < -0.4 is 0 Å². The van der Waals surface area contributed by atoms with Gasteiger partial charge in [0, 0.05) is 14.2 Å². The molecule has 0 aliphatic carbocycles.